The van der Waals surface area contributed by atoms with Gasteiger partial charge in [0.05, 0.1) is 17.8 Å². The minimum Gasteiger partial charge on any atom is -0.474 e. The van der Waals surface area contributed by atoms with Crippen LogP contribution < -0.4 is 10.1 Å². The van der Waals surface area contributed by atoms with Crippen LogP contribution in [-0.2, 0) is 0 Å². The van der Waals surface area contributed by atoms with Gasteiger partial charge in [-0.25, -0.2) is 4.98 Å². The van der Waals surface area contributed by atoms with Gasteiger partial charge in [-0.15, -0.1) is 0 Å². The van der Waals surface area contributed by atoms with Gasteiger partial charge in [-0.1, -0.05) is 11.6 Å². The molecule has 0 saturated heterocycles. The van der Waals surface area contributed by atoms with Crippen molar-refractivity contribution in [3.63, 3.8) is 0 Å². The lowest BCUT2D eigenvalue weighted by atomic mass is 10.2. The lowest BCUT2D eigenvalue weighted by Gasteiger charge is -2.11. The molecule has 19 heavy (non-hydrogen) atoms. The Labute approximate surface area is 117 Å². The fourth-order valence-corrected chi connectivity index (χ4v) is 1.57. The number of pyridine rings is 1. The molecule has 1 unspecified atom stereocenters. The molecule has 0 aliphatic rings. The molecule has 1 atom stereocenters. The van der Waals surface area contributed by atoms with E-state index >= 15 is 0 Å². The van der Waals surface area contributed by atoms with E-state index in [-0.39, 0.29) is 12.0 Å². The van der Waals surface area contributed by atoms with Gasteiger partial charge >= 0.3 is 0 Å². The zero-order valence-corrected chi connectivity index (χ0v) is 12.1. The number of hydrogen-bond acceptors (Lipinski definition) is 4. The fraction of sp³-hybridized carbons (Fsp3) is 0.538. The van der Waals surface area contributed by atoms with E-state index in [1.165, 1.54) is 12.3 Å². The summed E-state index contributed by atoms with van der Waals surface area (Å²) in [6, 6.07) is 1.52. The minimum absolute atomic E-state index is 0.0317. The summed E-state index contributed by atoms with van der Waals surface area (Å²) in [5.41, 5.74) is 0.367. The van der Waals surface area contributed by atoms with E-state index in [4.69, 9.17) is 21.4 Å². The molecule has 0 bridgehead atoms. The summed E-state index contributed by atoms with van der Waals surface area (Å²) in [5.74, 6) is 0.0448. The Morgan fingerprint density at radius 2 is 2.21 bits per heavy atom. The molecule has 0 saturated carbocycles. The van der Waals surface area contributed by atoms with Crippen LogP contribution in [0.4, 0.5) is 0 Å². The number of amides is 1. The van der Waals surface area contributed by atoms with Crippen molar-refractivity contribution in [3.05, 3.63) is 22.8 Å². The topological polar surface area (TPSA) is 71.5 Å². The number of nitrogens with zero attached hydrogens (tertiary/aromatic N) is 1. The van der Waals surface area contributed by atoms with Gasteiger partial charge in [0.1, 0.15) is 5.02 Å². The number of carbonyl (C=O) groups excluding carboxylic acids is 1. The molecule has 0 aliphatic carbocycles. The monoisotopic (exact) mass is 286 g/mol. The largest absolute Gasteiger partial charge is 0.474 e. The summed E-state index contributed by atoms with van der Waals surface area (Å²) >= 11 is 5.99. The lowest BCUT2D eigenvalue weighted by Crippen LogP contribution is -2.26. The van der Waals surface area contributed by atoms with Crippen molar-refractivity contribution in [2.24, 2.45) is 0 Å². The second kappa shape index (κ2) is 7.31. The highest BCUT2D eigenvalue weighted by Gasteiger charge is 2.11. The van der Waals surface area contributed by atoms with E-state index in [0.29, 0.717) is 29.4 Å². The van der Waals surface area contributed by atoms with E-state index < -0.39 is 6.10 Å². The van der Waals surface area contributed by atoms with Crippen LogP contribution in [-0.4, -0.2) is 34.8 Å². The van der Waals surface area contributed by atoms with E-state index in [2.05, 4.69) is 10.3 Å². The van der Waals surface area contributed by atoms with Crippen molar-refractivity contribution in [1.29, 1.82) is 0 Å². The summed E-state index contributed by atoms with van der Waals surface area (Å²) in [6.45, 7) is 5.81. The summed E-state index contributed by atoms with van der Waals surface area (Å²) in [5, 5.41) is 12.1. The molecule has 0 aliphatic heterocycles. The molecule has 106 valence electrons. The molecular weight excluding hydrogens is 268 g/mol. The number of aliphatic hydroxyl groups is 1. The van der Waals surface area contributed by atoms with Gasteiger partial charge in [0, 0.05) is 12.7 Å². The molecule has 2 N–H and O–H groups in total. The zero-order chi connectivity index (χ0) is 14.4. The number of aromatic nitrogens is 1. The average Bonchev–Trinajstić information content (AvgIpc) is 2.30. The Hall–Kier alpha value is -1.33. The third-order valence-electron chi connectivity index (χ3n) is 2.26. The van der Waals surface area contributed by atoms with Gasteiger partial charge in [0.15, 0.2) is 0 Å². The van der Waals surface area contributed by atoms with Crippen LogP contribution in [0.1, 0.15) is 37.6 Å². The molecule has 1 rings (SSSR count). The van der Waals surface area contributed by atoms with Gasteiger partial charge in [-0.3, -0.25) is 4.79 Å². The first-order valence-corrected chi connectivity index (χ1v) is 6.56. The molecular formula is C13H19ClN2O3. The SMILES string of the molecule is CC(O)CCNC(=O)c1cnc(OC(C)C)c(Cl)c1. The number of carbonyl (C=O) groups is 1. The minimum atomic E-state index is -0.441. The van der Waals surface area contributed by atoms with Crippen molar-refractivity contribution in [1.82, 2.24) is 10.3 Å². The number of aliphatic hydroxyl groups excluding tert-OH is 1. The molecule has 0 spiro atoms. The summed E-state index contributed by atoms with van der Waals surface area (Å²) < 4.78 is 5.38. The van der Waals surface area contributed by atoms with Crippen LogP contribution >= 0.6 is 11.6 Å². The normalized spacial score (nSPS) is 12.3. The Balaban J connectivity index is 2.64. The number of ether oxygens (including phenoxy) is 1. The third kappa shape index (κ3) is 5.44. The Bertz CT molecular complexity index is 436. The summed E-state index contributed by atoms with van der Waals surface area (Å²) in [7, 11) is 0. The maximum atomic E-state index is 11.8. The van der Waals surface area contributed by atoms with Crippen molar-refractivity contribution < 1.29 is 14.6 Å². The molecule has 1 aromatic heterocycles. The fourth-order valence-electron chi connectivity index (χ4n) is 1.36. The second-order valence-electron chi connectivity index (χ2n) is 4.57. The highest BCUT2D eigenvalue weighted by Crippen LogP contribution is 2.23. The maximum Gasteiger partial charge on any atom is 0.252 e. The van der Waals surface area contributed by atoms with Crippen LogP contribution in [0.15, 0.2) is 12.3 Å². The zero-order valence-electron chi connectivity index (χ0n) is 11.3. The van der Waals surface area contributed by atoms with Crippen molar-refractivity contribution >= 4 is 17.5 Å². The highest BCUT2D eigenvalue weighted by atomic mass is 35.5. The van der Waals surface area contributed by atoms with E-state index in [9.17, 15) is 4.79 Å². The predicted molar refractivity (Wildman–Crippen MR) is 73.6 cm³/mol. The van der Waals surface area contributed by atoms with Gasteiger partial charge in [-0.2, -0.15) is 0 Å². The molecule has 1 aromatic rings. The first-order chi connectivity index (χ1) is 8.90. The van der Waals surface area contributed by atoms with Crippen molar-refractivity contribution in [3.8, 4) is 5.88 Å². The van der Waals surface area contributed by atoms with Gasteiger partial charge < -0.3 is 15.2 Å². The molecule has 1 heterocycles. The van der Waals surface area contributed by atoms with Gasteiger partial charge in [0.2, 0.25) is 5.88 Å². The van der Waals surface area contributed by atoms with Crippen LogP contribution in [0, 0.1) is 0 Å². The average molecular weight is 287 g/mol. The molecule has 0 fully saturated rings. The van der Waals surface area contributed by atoms with Crippen LogP contribution in [0.25, 0.3) is 0 Å². The number of hydrogen-bond donors (Lipinski definition) is 2. The van der Waals surface area contributed by atoms with Gasteiger partial charge in [0.25, 0.3) is 5.91 Å². The van der Waals surface area contributed by atoms with Crippen molar-refractivity contribution in [2.45, 2.75) is 39.4 Å². The lowest BCUT2D eigenvalue weighted by molar-refractivity contribution is 0.0945. The Kier molecular flexibility index (Phi) is 6.05. The first kappa shape index (κ1) is 15.7. The quantitative estimate of drug-likeness (QED) is 0.839. The standard InChI is InChI=1S/C13H19ClN2O3/c1-8(2)19-13-11(14)6-10(7-16-13)12(18)15-5-4-9(3)17/h6-9,17H,4-5H2,1-3H3,(H,15,18). The summed E-state index contributed by atoms with van der Waals surface area (Å²) in [4.78, 5) is 15.8. The van der Waals surface area contributed by atoms with Gasteiger partial charge in [-0.05, 0) is 33.3 Å². The smallest absolute Gasteiger partial charge is 0.252 e. The van der Waals surface area contributed by atoms with Crippen LogP contribution in [0.5, 0.6) is 5.88 Å². The first-order valence-electron chi connectivity index (χ1n) is 6.18. The maximum absolute atomic E-state index is 11.8. The molecule has 0 aromatic carbocycles. The Morgan fingerprint density at radius 1 is 1.53 bits per heavy atom. The number of halogens is 1. The Morgan fingerprint density at radius 3 is 2.74 bits per heavy atom. The molecule has 5 nitrogen and oxygen atoms in total. The third-order valence-corrected chi connectivity index (χ3v) is 2.54. The number of nitrogens with one attached hydrogen (secondary N) is 1. The molecule has 1 amide bonds. The van der Waals surface area contributed by atoms with Crippen LogP contribution in [0.3, 0.4) is 0 Å². The van der Waals surface area contributed by atoms with Crippen LogP contribution in [0.2, 0.25) is 5.02 Å². The predicted octanol–water partition coefficient (Wildman–Crippen LogP) is 2.02. The second-order valence-corrected chi connectivity index (χ2v) is 4.98. The van der Waals surface area contributed by atoms with E-state index in [1.54, 1.807) is 6.92 Å². The molecule has 0 radical (unpaired) electrons. The summed E-state index contributed by atoms with van der Waals surface area (Å²) in [6.07, 6.45) is 1.45. The van der Waals surface area contributed by atoms with E-state index in [1.807, 2.05) is 13.8 Å². The molecule has 6 heteroatoms. The highest BCUT2D eigenvalue weighted by molar-refractivity contribution is 6.32. The number of rotatable bonds is 6. The van der Waals surface area contributed by atoms with Crippen molar-refractivity contribution in [2.75, 3.05) is 6.54 Å². The van der Waals surface area contributed by atoms with E-state index in [0.717, 1.165) is 0 Å².